The topological polar surface area (TPSA) is 72.3 Å². The maximum Gasteiger partial charge on any atom is 0.250 e. The van der Waals surface area contributed by atoms with E-state index in [0.717, 1.165) is 31.6 Å². The summed E-state index contributed by atoms with van der Waals surface area (Å²) in [6.45, 7) is 6.61. The molecule has 1 aliphatic rings. The molecule has 0 spiro atoms. The summed E-state index contributed by atoms with van der Waals surface area (Å²) in [6, 6.07) is 5.52. The summed E-state index contributed by atoms with van der Waals surface area (Å²) < 4.78 is 0. The second kappa shape index (κ2) is 4.52. The third-order valence-electron chi connectivity index (χ3n) is 3.78. The molecule has 0 atom stereocenters. The number of hydrogen-bond acceptors (Lipinski definition) is 3. The molecule has 1 aromatic carbocycles. The summed E-state index contributed by atoms with van der Waals surface area (Å²) in [5.74, 6) is -0.466. The minimum atomic E-state index is -0.466. The normalized spacial score (nSPS) is 18.7. The molecule has 0 bridgehead atoms. The van der Waals surface area contributed by atoms with E-state index < -0.39 is 5.91 Å². The van der Waals surface area contributed by atoms with Gasteiger partial charge >= 0.3 is 0 Å². The van der Waals surface area contributed by atoms with E-state index in [2.05, 4.69) is 18.7 Å². The Morgan fingerprint density at radius 2 is 1.89 bits per heavy atom. The third kappa shape index (κ3) is 2.58. The van der Waals surface area contributed by atoms with Crippen LogP contribution in [0.4, 0.5) is 11.4 Å². The summed E-state index contributed by atoms with van der Waals surface area (Å²) in [7, 11) is 0. The number of hydrogen-bond donors (Lipinski definition) is 2. The lowest BCUT2D eigenvalue weighted by molar-refractivity contribution is 0.100. The molecule has 1 fully saturated rings. The average molecular weight is 247 g/mol. The van der Waals surface area contributed by atoms with E-state index in [1.54, 1.807) is 12.1 Å². The van der Waals surface area contributed by atoms with Crippen molar-refractivity contribution in [2.75, 3.05) is 23.7 Å². The van der Waals surface area contributed by atoms with Crippen molar-refractivity contribution in [3.63, 3.8) is 0 Å². The Morgan fingerprint density at radius 1 is 1.28 bits per heavy atom. The first kappa shape index (κ1) is 12.7. The van der Waals surface area contributed by atoms with Gasteiger partial charge in [0.15, 0.2) is 0 Å². The number of benzene rings is 1. The molecule has 0 unspecified atom stereocenters. The summed E-state index contributed by atoms with van der Waals surface area (Å²) in [6.07, 6.45) is 2.31. The van der Waals surface area contributed by atoms with Crippen LogP contribution in [0, 0.1) is 5.41 Å². The Bertz CT molecular complexity index is 458. The predicted octanol–water partition coefficient (Wildman–Crippen LogP) is 1.99. The zero-order valence-corrected chi connectivity index (χ0v) is 11.1. The number of carbonyl (C=O) groups excluding carboxylic acids is 1. The number of nitrogens with two attached hydrogens (primary N) is 2. The van der Waals surface area contributed by atoms with Crippen molar-refractivity contribution in [2.24, 2.45) is 11.1 Å². The molecule has 2 rings (SSSR count). The van der Waals surface area contributed by atoms with Gasteiger partial charge in [0.2, 0.25) is 0 Å². The van der Waals surface area contributed by atoms with Gasteiger partial charge in [-0.3, -0.25) is 4.79 Å². The number of rotatable bonds is 2. The van der Waals surface area contributed by atoms with Crippen molar-refractivity contribution >= 4 is 17.3 Å². The van der Waals surface area contributed by atoms with Crippen molar-refractivity contribution in [3.8, 4) is 0 Å². The van der Waals surface area contributed by atoms with Crippen LogP contribution in [0.25, 0.3) is 0 Å². The molecule has 0 saturated carbocycles. The maximum atomic E-state index is 11.3. The van der Waals surface area contributed by atoms with E-state index in [9.17, 15) is 4.79 Å². The Labute approximate surface area is 108 Å². The molecular weight excluding hydrogens is 226 g/mol. The van der Waals surface area contributed by atoms with Crippen LogP contribution >= 0.6 is 0 Å². The predicted molar refractivity (Wildman–Crippen MR) is 74.6 cm³/mol. The third-order valence-corrected chi connectivity index (χ3v) is 3.78. The lowest BCUT2D eigenvalue weighted by Gasteiger charge is -2.38. The molecule has 98 valence electrons. The van der Waals surface area contributed by atoms with E-state index in [0.29, 0.717) is 16.7 Å². The van der Waals surface area contributed by atoms with E-state index >= 15 is 0 Å². The van der Waals surface area contributed by atoms with Crippen LogP contribution in [0.5, 0.6) is 0 Å². The number of primary amides is 1. The summed E-state index contributed by atoms with van der Waals surface area (Å²) in [5, 5.41) is 0. The molecule has 1 aromatic rings. The molecule has 4 heteroatoms. The minimum absolute atomic E-state index is 0.414. The van der Waals surface area contributed by atoms with Gasteiger partial charge in [-0.25, -0.2) is 0 Å². The van der Waals surface area contributed by atoms with Crippen molar-refractivity contribution in [1.29, 1.82) is 0 Å². The summed E-state index contributed by atoms with van der Waals surface area (Å²) >= 11 is 0. The maximum absolute atomic E-state index is 11.3. The van der Waals surface area contributed by atoms with Crippen molar-refractivity contribution in [3.05, 3.63) is 23.8 Å². The van der Waals surface area contributed by atoms with E-state index in [-0.39, 0.29) is 0 Å². The van der Waals surface area contributed by atoms with Gasteiger partial charge in [0.25, 0.3) is 5.91 Å². The number of piperidine rings is 1. The fourth-order valence-corrected chi connectivity index (χ4v) is 2.32. The second-order valence-corrected chi connectivity index (χ2v) is 5.79. The highest BCUT2D eigenvalue weighted by molar-refractivity contribution is 5.99. The standard InChI is InChI=1S/C14H21N3O/c1-14(2)5-7-17(8-6-14)10-3-4-12(15)11(9-10)13(16)18/h3-4,9H,5-8,15H2,1-2H3,(H2,16,18). The lowest BCUT2D eigenvalue weighted by atomic mass is 9.82. The fourth-order valence-electron chi connectivity index (χ4n) is 2.32. The number of anilines is 2. The van der Waals surface area contributed by atoms with E-state index in [4.69, 9.17) is 11.5 Å². The molecule has 1 aliphatic heterocycles. The average Bonchev–Trinajstić information content (AvgIpc) is 2.30. The molecule has 0 aromatic heterocycles. The van der Waals surface area contributed by atoms with Gasteiger partial charge in [0.05, 0.1) is 5.56 Å². The van der Waals surface area contributed by atoms with Gasteiger partial charge in [-0.15, -0.1) is 0 Å². The van der Waals surface area contributed by atoms with Crippen molar-refractivity contribution in [2.45, 2.75) is 26.7 Å². The zero-order valence-electron chi connectivity index (χ0n) is 11.1. The first-order valence-electron chi connectivity index (χ1n) is 6.33. The first-order valence-corrected chi connectivity index (χ1v) is 6.33. The molecular formula is C14H21N3O. The van der Waals surface area contributed by atoms with E-state index in [1.807, 2.05) is 6.07 Å². The monoisotopic (exact) mass is 247 g/mol. The van der Waals surface area contributed by atoms with Crippen LogP contribution in [0.15, 0.2) is 18.2 Å². The summed E-state index contributed by atoms with van der Waals surface area (Å²) in [4.78, 5) is 13.6. The molecule has 4 nitrogen and oxygen atoms in total. The van der Waals surface area contributed by atoms with E-state index in [1.165, 1.54) is 0 Å². The minimum Gasteiger partial charge on any atom is -0.398 e. The molecule has 0 aliphatic carbocycles. The van der Waals surface area contributed by atoms with Gasteiger partial charge in [-0.2, -0.15) is 0 Å². The van der Waals surface area contributed by atoms with Crippen LogP contribution in [0.1, 0.15) is 37.0 Å². The molecule has 18 heavy (non-hydrogen) atoms. The molecule has 1 saturated heterocycles. The Balaban J connectivity index is 2.20. The fraction of sp³-hybridized carbons (Fsp3) is 0.500. The second-order valence-electron chi connectivity index (χ2n) is 5.79. The van der Waals surface area contributed by atoms with Crippen molar-refractivity contribution in [1.82, 2.24) is 0 Å². The molecule has 0 radical (unpaired) electrons. The highest BCUT2D eigenvalue weighted by atomic mass is 16.1. The quantitative estimate of drug-likeness (QED) is 0.785. The SMILES string of the molecule is CC1(C)CCN(c2ccc(N)c(C(N)=O)c2)CC1. The summed E-state index contributed by atoms with van der Waals surface area (Å²) in [5.41, 5.74) is 13.4. The molecule has 1 heterocycles. The van der Waals surface area contributed by atoms with Crippen LogP contribution < -0.4 is 16.4 Å². The number of carbonyl (C=O) groups is 1. The first-order chi connectivity index (χ1) is 8.39. The number of nitrogens with zero attached hydrogens (tertiary/aromatic N) is 1. The molecule has 4 N–H and O–H groups in total. The highest BCUT2D eigenvalue weighted by Gasteiger charge is 2.25. The molecule has 1 amide bonds. The Kier molecular flexibility index (Phi) is 3.20. The van der Waals surface area contributed by atoms with Gasteiger partial charge in [0, 0.05) is 24.5 Å². The Hall–Kier alpha value is -1.71. The lowest BCUT2D eigenvalue weighted by Crippen LogP contribution is -2.37. The smallest absolute Gasteiger partial charge is 0.250 e. The number of amides is 1. The van der Waals surface area contributed by atoms with Gasteiger partial charge in [-0.1, -0.05) is 13.8 Å². The van der Waals surface area contributed by atoms with Crippen molar-refractivity contribution < 1.29 is 4.79 Å². The van der Waals surface area contributed by atoms with Crippen LogP contribution in [-0.4, -0.2) is 19.0 Å². The van der Waals surface area contributed by atoms with Gasteiger partial charge < -0.3 is 16.4 Å². The van der Waals surface area contributed by atoms with Crippen LogP contribution in [0.3, 0.4) is 0 Å². The highest BCUT2D eigenvalue weighted by Crippen LogP contribution is 2.32. The van der Waals surface area contributed by atoms with Crippen LogP contribution in [0.2, 0.25) is 0 Å². The largest absolute Gasteiger partial charge is 0.398 e. The van der Waals surface area contributed by atoms with Gasteiger partial charge in [-0.05, 0) is 36.5 Å². The van der Waals surface area contributed by atoms with Crippen LogP contribution in [-0.2, 0) is 0 Å². The Morgan fingerprint density at radius 3 is 2.44 bits per heavy atom. The van der Waals surface area contributed by atoms with Gasteiger partial charge in [0.1, 0.15) is 0 Å². The number of nitrogen functional groups attached to an aromatic ring is 1. The zero-order chi connectivity index (χ0) is 13.3.